The van der Waals surface area contributed by atoms with Crippen LogP contribution < -0.4 is 5.32 Å². The van der Waals surface area contributed by atoms with Crippen LogP contribution in [0.3, 0.4) is 0 Å². The fourth-order valence-corrected chi connectivity index (χ4v) is 1.91. The van der Waals surface area contributed by atoms with Gasteiger partial charge in [0, 0.05) is 19.1 Å². The number of carbonyl (C=O) groups is 1. The summed E-state index contributed by atoms with van der Waals surface area (Å²) in [5, 5.41) is 3.16. The fourth-order valence-electron chi connectivity index (χ4n) is 1.91. The predicted octanol–water partition coefficient (Wildman–Crippen LogP) is 1.29. The molecule has 1 saturated heterocycles. The van der Waals surface area contributed by atoms with Crippen LogP contribution in [0.4, 0.5) is 13.2 Å². The molecule has 0 spiro atoms. The molecule has 16 heavy (non-hydrogen) atoms. The molecular weight excluding hydrogens is 221 g/mol. The van der Waals surface area contributed by atoms with Crippen LogP contribution in [-0.4, -0.2) is 42.2 Å². The van der Waals surface area contributed by atoms with Crippen LogP contribution in [-0.2, 0) is 4.79 Å². The van der Waals surface area contributed by atoms with Crippen LogP contribution in [0.25, 0.3) is 0 Å². The highest BCUT2D eigenvalue weighted by Gasteiger charge is 2.37. The first kappa shape index (κ1) is 11.7. The average Bonchev–Trinajstić information content (AvgIpc) is 2.91. The van der Waals surface area contributed by atoms with Gasteiger partial charge < -0.3 is 10.2 Å². The Hall–Kier alpha value is -0.780. The molecule has 2 rings (SSSR count). The van der Waals surface area contributed by atoms with Gasteiger partial charge in [0.15, 0.2) is 0 Å². The lowest BCUT2D eigenvalue weighted by Crippen LogP contribution is -2.40. The molecule has 0 aromatic heterocycles. The maximum atomic E-state index is 12.0. The van der Waals surface area contributed by atoms with E-state index in [-0.39, 0.29) is 18.5 Å². The highest BCUT2D eigenvalue weighted by atomic mass is 19.4. The van der Waals surface area contributed by atoms with E-state index in [2.05, 4.69) is 5.32 Å². The first-order valence-electron chi connectivity index (χ1n) is 5.57. The van der Waals surface area contributed by atoms with E-state index in [1.165, 1.54) is 4.90 Å². The van der Waals surface area contributed by atoms with Gasteiger partial charge in [-0.25, -0.2) is 0 Å². The lowest BCUT2D eigenvalue weighted by atomic mass is 10.2. The molecule has 2 aliphatic rings. The van der Waals surface area contributed by atoms with Crippen molar-refractivity contribution in [3.05, 3.63) is 0 Å². The van der Waals surface area contributed by atoms with E-state index in [9.17, 15) is 18.0 Å². The number of alkyl halides is 3. The third-order valence-electron chi connectivity index (χ3n) is 2.98. The summed E-state index contributed by atoms with van der Waals surface area (Å²) in [7, 11) is 0. The second kappa shape index (κ2) is 4.24. The van der Waals surface area contributed by atoms with Crippen molar-refractivity contribution in [2.45, 2.75) is 43.9 Å². The summed E-state index contributed by atoms with van der Waals surface area (Å²) in [5.41, 5.74) is 0. The summed E-state index contributed by atoms with van der Waals surface area (Å²) < 4.78 is 36.0. The molecule has 0 radical (unpaired) electrons. The van der Waals surface area contributed by atoms with E-state index < -0.39 is 12.6 Å². The number of hydrogen-bond donors (Lipinski definition) is 1. The van der Waals surface area contributed by atoms with Crippen LogP contribution in [0.2, 0.25) is 0 Å². The summed E-state index contributed by atoms with van der Waals surface area (Å²) in [6.07, 6.45) is -2.30. The van der Waals surface area contributed by atoms with Gasteiger partial charge in [0.25, 0.3) is 0 Å². The number of nitrogens with zero attached hydrogens (tertiary/aromatic N) is 1. The van der Waals surface area contributed by atoms with Crippen molar-refractivity contribution >= 4 is 5.91 Å². The highest BCUT2D eigenvalue weighted by molar-refractivity contribution is 5.84. The Bertz CT molecular complexity index is 276. The third-order valence-corrected chi connectivity index (χ3v) is 2.98. The van der Waals surface area contributed by atoms with E-state index in [0.717, 1.165) is 12.8 Å². The Balaban J connectivity index is 1.77. The van der Waals surface area contributed by atoms with E-state index in [1.54, 1.807) is 0 Å². The van der Waals surface area contributed by atoms with Gasteiger partial charge in [-0.2, -0.15) is 13.2 Å². The number of likely N-dealkylation sites (tertiary alicyclic amines) is 1. The normalized spacial score (nSPS) is 26.6. The Morgan fingerprint density at radius 3 is 2.56 bits per heavy atom. The highest BCUT2D eigenvalue weighted by Crippen LogP contribution is 2.24. The molecular formula is C10H15F3N2O. The lowest BCUT2D eigenvalue weighted by molar-refractivity contribution is -0.143. The van der Waals surface area contributed by atoms with Gasteiger partial charge in [0.2, 0.25) is 5.91 Å². The molecule has 1 aliphatic carbocycles. The molecule has 0 bridgehead atoms. The van der Waals surface area contributed by atoms with Crippen LogP contribution in [0.15, 0.2) is 0 Å². The second-order valence-corrected chi connectivity index (χ2v) is 4.47. The van der Waals surface area contributed by atoms with Gasteiger partial charge in [-0.1, -0.05) is 0 Å². The number of carbonyl (C=O) groups excluding carboxylic acids is 1. The van der Waals surface area contributed by atoms with Gasteiger partial charge >= 0.3 is 6.18 Å². The van der Waals surface area contributed by atoms with Crippen LogP contribution in [0, 0.1) is 0 Å². The lowest BCUT2D eigenvalue weighted by Gasteiger charge is -2.17. The standard InChI is InChI=1S/C10H15F3N2O/c11-10(12,13)4-6-15-5-3-8(9(15)16)14-7-1-2-7/h7-8,14H,1-6H2. The first-order valence-corrected chi connectivity index (χ1v) is 5.57. The maximum absolute atomic E-state index is 12.0. The van der Waals surface area contributed by atoms with E-state index in [1.807, 2.05) is 0 Å². The van der Waals surface area contributed by atoms with Gasteiger partial charge in [-0.3, -0.25) is 4.79 Å². The maximum Gasteiger partial charge on any atom is 0.390 e. The zero-order chi connectivity index (χ0) is 11.8. The van der Waals surface area contributed by atoms with Gasteiger partial charge in [0.05, 0.1) is 12.5 Å². The molecule has 0 aromatic carbocycles. The van der Waals surface area contributed by atoms with Crippen molar-refractivity contribution in [2.24, 2.45) is 0 Å². The summed E-state index contributed by atoms with van der Waals surface area (Å²) in [4.78, 5) is 13.0. The fraction of sp³-hybridized carbons (Fsp3) is 0.900. The smallest absolute Gasteiger partial charge is 0.341 e. The van der Waals surface area contributed by atoms with Crippen molar-refractivity contribution < 1.29 is 18.0 Å². The summed E-state index contributed by atoms with van der Waals surface area (Å²) in [5.74, 6) is -0.170. The molecule has 3 nitrogen and oxygen atoms in total. The molecule has 1 unspecified atom stereocenters. The molecule has 2 fully saturated rings. The summed E-state index contributed by atoms with van der Waals surface area (Å²) in [6, 6.07) is 0.164. The molecule has 1 atom stereocenters. The Morgan fingerprint density at radius 1 is 1.31 bits per heavy atom. The van der Waals surface area contributed by atoms with Crippen molar-refractivity contribution in [1.82, 2.24) is 10.2 Å². The topological polar surface area (TPSA) is 32.3 Å². The molecule has 1 heterocycles. The van der Waals surface area contributed by atoms with Crippen molar-refractivity contribution in [1.29, 1.82) is 0 Å². The minimum atomic E-state index is -4.18. The van der Waals surface area contributed by atoms with Crippen LogP contribution in [0.1, 0.15) is 25.7 Å². The number of hydrogen-bond acceptors (Lipinski definition) is 2. The molecule has 1 amide bonds. The summed E-state index contributed by atoms with van der Waals surface area (Å²) >= 11 is 0. The predicted molar refractivity (Wildman–Crippen MR) is 51.8 cm³/mol. The molecule has 1 aliphatic heterocycles. The number of nitrogens with one attached hydrogen (secondary N) is 1. The Labute approximate surface area is 92.0 Å². The zero-order valence-corrected chi connectivity index (χ0v) is 8.89. The zero-order valence-electron chi connectivity index (χ0n) is 8.89. The van der Waals surface area contributed by atoms with E-state index in [0.29, 0.717) is 19.0 Å². The summed E-state index contributed by atoms with van der Waals surface area (Å²) in [6.45, 7) is 0.241. The monoisotopic (exact) mass is 236 g/mol. The molecule has 1 N–H and O–H groups in total. The quantitative estimate of drug-likeness (QED) is 0.797. The van der Waals surface area contributed by atoms with Crippen LogP contribution >= 0.6 is 0 Å². The minimum Gasteiger partial charge on any atom is -0.341 e. The van der Waals surface area contributed by atoms with Gasteiger partial charge in [0.1, 0.15) is 0 Å². The SMILES string of the molecule is O=C1C(NC2CC2)CCN1CCC(F)(F)F. The molecule has 1 saturated carbocycles. The van der Waals surface area contributed by atoms with Crippen molar-refractivity contribution in [3.63, 3.8) is 0 Å². The second-order valence-electron chi connectivity index (χ2n) is 4.47. The largest absolute Gasteiger partial charge is 0.390 e. The number of halogens is 3. The average molecular weight is 236 g/mol. The van der Waals surface area contributed by atoms with Gasteiger partial charge in [-0.05, 0) is 19.3 Å². The number of rotatable bonds is 4. The van der Waals surface area contributed by atoms with Crippen molar-refractivity contribution in [2.75, 3.05) is 13.1 Å². The number of amides is 1. The van der Waals surface area contributed by atoms with E-state index >= 15 is 0 Å². The van der Waals surface area contributed by atoms with Crippen molar-refractivity contribution in [3.8, 4) is 0 Å². The van der Waals surface area contributed by atoms with Crippen LogP contribution in [0.5, 0.6) is 0 Å². The molecule has 6 heteroatoms. The minimum absolute atomic E-state index is 0.170. The Morgan fingerprint density at radius 2 is 2.00 bits per heavy atom. The third kappa shape index (κ3) is 3.10. The van der Waals surface area contributed by atoms with Gasteiger partial charge in [-0.15, -0.1) is 0 Å². The Kier molecular flexibility index (Phi) is 3.10. The first-order chi connectivity index (χ1) is 7.46. The van der Waals surface area contributed by atoms with E-state index in [4.69, 9.17) is 0 Å². The molecule has 0 aromatic rings. The molecule has 92 valence electrons.